The Hall–Kier alpha value is -2.43. The lowest BCUT2D eigenvalue weighted by Gasteiger charge is -2.25. The Morgan fingerprint density at radius 3 is 2.36 bits per heavy atom. The highest BCUT2D eigenvalue weighted by Gasteiger charge is 2.37. The molecule has 0 aliphatic carbocycles. The third kappa shape index (κ3) is 3.75. The Morgan fingerprint density at radius 1 is 0.964 bits per heavy atom. The van der Waals surface area contributed by atoms with E-state index in [4.69, 9.17) is 0 Å². The number of likely N-dealkylation sites (N-methyl/N-ethyl adjacent to an activating group) is 1. The molecule has 3 nitrogen and oxygen atoms in total. The zero-order valence-electron chi connectivity index (χ0n) is 16.6. The zero-order valence-corrected chi connectivity index (χ0v) is 17.4. The highest BCUT2D eigenvalue weighted by atomic mass is 32.1. The predicted octanol–water partition coefficient (Wildman–Crippen LogP) is 4.89. The van der Waals surface area contributed by atoms with Gasteiger partial charge in [0.1, 0.15) is 0 Å². The van der Waals surface area contributed by atoms with Gasteiger partial charge in [-0.2, -0.15) is 0 Å². The molecule has 2 aromatic carbocycles. The van der Waals surface area contributed by atoms with Crippen molar-refractivity contribution in [2.75, 3.05) is 27.2 Å². The molecule has 1 aliphatic heterocycles. The van der Waals surface area contributed by atoms with Crippen molar-refractivity contribution in [2.24, 2.45) is 0 Å². The summed E-state index contributed by atoms with van der Waals surface area (Å²) in [5.74, 6) is 0.488. The monoisotopic (exact) mass is 390 g/mol. The molecule has 28 heavy (non-hydrogen) atoms. The zero-order chi connectivity index (χ0) is 19.7. The lowest BCUT2D eigenvalue weighted by atomic mass is 9.93. The van der Waals surface area contributed by atoms with Gasteiger partial charge in [-0.05, 0) is 44.3 Å². The van der Waals surface area contributed by atoms with Crippen LogP contribution in [0.4, 0.5) is 0 Å². The number of hydrogen-bond donors (Lipinski definition) is 0. The number of thiophene rings is 1. The lowest BCUT2D eigenvalue weighted by Crippen LogP contribution is -2.35. The molecular formula is C24H26N2OS. The van der Waals surface area contributed by atoms with Crippen molar-refractivity contribution in [2.45, 2.75) is 18.9 Å². The maximum absolute atomic E-state index is 13.2. The molecule has 0 radical (unpaired) electrons. The molecule has 0 spiro atoms. The molecular weight excluding hydrogens is 364 g/mol. The van der Waals surface area contributed by atoms with E-state index in [1.54, 1.807) is 11.3 Å². The Kier molecular flexibility index (Phi) is 5.33. The molecule has 0 N–H and O–H groups in total. The standard InChI is InChI=1S/C24H26N2OS/c1-17-9-11-18(12-10-17)20-15-26(16-21(20)25(2)3)24(27)23-14-13-22(28-23)19-7-5-4-6-8-19/h4-14,20-21H,15-16H2,1-3H3. The first-order valence-electron chi connectivity index (χ1n) is 9.70. The summed E-state index contributed by atoms with van der Waals surface area (Å²) in [5.41, 5.74) is 3.75. The first kappa shape index (κ1) is 18.9. The third-order valence-corrected chi connectivity index (χ3v) is 6.74. The minimum absolute atomic E-state index is 0.147. The van der Waals surface area contributed by atoms with Crippen LogP contribution in [0, 0.1) is 6.92 Å². The Bertz CT molecular complexity index is 946. The average Bonchev–Trinajstić information content (AvgIpc) is 3.37. The summed E-state index contributed by atoms with van der Waals surface area (Å²) < 4.78 is 0. The minimum atomic E-state index is 0.147. The normalized spacial score (nSPS) is 19.4. The highest BCUT2D eigenvalue weighted by Crippen LogP contribution is 2.34. The van der Waals surface area contributed by atoms with Gasteiger partial charge in [0.2, 0.25) is 0 Å². The fourth-order valence-corrected chi connectivity index (χ4v) is 4.96. The van der Waals surface area contributed by atoms with E-state index in [9.17, 15) is 4.79 Å². The van der Waals surface area contributed by atoms with Crippen LogP contribution >= 0.6 is 11.3 Å². The fraction of sp³-hybridized carbons (Fsp3) is 0.292. The second-order valence-corrected chi connectivity index (χ2v) is 8.87. The number of rotatable bonds is 4. The molecule has 3 aromatic rings. The third-order valence-electron chi connectivity index (χ3n) is 5.62. The van der Waals surface area contributed by atoms with Crippen molar-refractivity contribution in [1.29, 1.82) is 0 Å². The number of carbonyl (C=O) groups is 1. The van der Waals surface area contributed by atoms with E-state index in [0.717, 1.165) is 28.4 Å². The van der Waals surface area contributed by atoms with Gasteiger partial charge in [-0.1, -0.05) is 60.2 Å². The van der Waals surface area contributed by atoms with Crippen LogP contribution in [0.3, 0.4) is 0 Å². The first-order chi connectivity index (χ1) is 13.5. The molecule has 1 aliphatic rings. The predicted molar refractivity (Wildman–Crippen MR) is 117 cm³/mol. The summed E-state index contributed by atoms with van der Waals surface area (Å²) in [4.78, 5) is 19.4. The van der Waals surface area contributed by atoms with Crippen LogP contribution in [0.15, 0.2) is 66.7 Å². The largest absolute Gasteiger partial charge is 0.336 e. The summed E-state index contributed by atoms with van der Waals surface area (Å²) in [6.07, 6.45) is 0. The van der Waals surface area contributed by atoms with E-state index < -0.39 is 0 Å². The van der Waals surface area contributed by atoms with Crippen LogP contribution in [-0.2, 0) is 0 Å². The van der Waals surface area contributed by atoms with E-state index >= 15 is 0 Å². The van der Waals surface area contributed by atoms with Gasteiger partial charge in [-0.15, -0.1) is 11.3 Å². The van der Waals surface area contributed by atoms with Crippen molar-refractivity contribution in [3.8, 4) is 10.4 Å². The van der Waals surface area contributed by atoms with Crippen LogP contribution in [0.25, 0.3) is 10.4 Å². The smallest absolute Gasteiger partial charge is 0.264 e. The van der Waals surface area contributed by atoms with Crippen LogP contribution in [0.1, 0.15) is 26.7 Å². The summed E-state index contributed by atoms with van der Waals surface area (Å²) in [7, 11) is 4.22. The van der Waals surface area contributed by atoms with Crippen molar-refractivity contribution in [3.63, 3.8) is 0 Å². The molecule has 144 valence electrons. The molecule has 1 fully saturated rings. The molecule has 0 bridgehead atoms. The van der Waals surface area contributed by atoms with Gasteiger partial charge in [-0.3, -0.25) is 4.79 Å². The van der Waals surface area contributed by atoms with Gasteiger partial charge in [0.15, 0.2) is 0 Å². The summed E-state index contributed by atoms with van der Waals surface area (Å²) in [5, 5.41) is 0. The van der Waals surface area contributed by atoms with Crippen LogP contribution < -0.4 is 0 Å². The van der Waals surface area contributed by atoms with Crippen molar-refractivity contribution >= 4 is 17.2 Å². The summed E-state index contributed by atoms with van der Waals surface area (Å²) >= 11 is 1.58. The number of benzene rings is 2. The second-order valence-electron chi connectivity index (χ2n) is 7.79. The molecule has 2 unspecified atom stereocenters. The van der Waals surface area contributed by atoms with Crippen LogP contribution in [0.2, 0.25) is 0 Å². The van der Waals surface area contributed by atoms with Crippen LogP contribution in [-0.4, -0.2) is 48.9 Å². The van der Waals surface area contributed by atoms with E-state index in [0.29, 0.717) is 12.0 Å². The Morgan fingerprint density at radius 2 is 1.68 bits per heavy atom. The Balaban J connectivity index is 1.55. The summed E-state index contributed by atoms with van der Waals surface area (Å²) in [6.45, 7) is 3.64. The molecule has 2 atom stereocenters. The highest BCUT2D eigenvalue weighted by molar-refractivity contribution is 7.17. The number of likely N-dealkylation sites (tertiary alicyclic amines) is 1. The maximum atomic E-state index is 13.2. The van der Waals surface area contributed by atoms with E-state index in [-0.39, 0.29) is 5.91 Å². The number of carbonyl (C=O) groups excluding carboxylic acids is 1. The minimum Gasteiger partial charge on any atom is -0.336 e. The lowest BCUT2D eigenvalue weighted by molar-refractivity contribution is 0.0787. The molecule has 1 saturated heterocycles. The van der Waals surface area contributed by atoms with E-state index in [1.165, 1.54) is 11.1 Å². The van der Waals surface area contributed by atoms with E-state index in [1.807, 2.05) is 29.2 Å². The first-order valence-corrected chi connectivity index (χ1v) is 10.5. The molecule has 4 rings (SSSR count). The quantitative estimate of drug-likeness (QED) is 0.633. The van der Waals surface area contributed by atoms with Gasteiger partial charge in [0.05, 0.1) is 4.88 Å². The van der Waals surface area contributed by atoms with Crippen molar-refractivity contribution < 1.29 is 4.79 Å². The number of aryl methyl sites for hydroxylation is 1. The summed E-state index contributed by atoms with van der Waals surface area (Å²) in [6, 6.07) is 23.4. The maximum Gasteiger partial charge on any atom is 0.264 e. The average molecular weight is 391 g/mol. The Labute approximate surface area is 171 Å². The van der Waals surface area contributed by atoms with Gasteiger partial charge in [0.25, 0.3) is 5.91 Å². The van der Waals surface area contributed by atoms with Crippen molar-refractivity contribution in [1.82, 2.24) is 9.80 Å². The molecule has 4 heteroatoms. The molecule has 2 heterocycles. The second kappa shape index (κ2) is 7.90. The van der Waals surface area contributed by atoms with Crippen molar-refractivity contribution in [3.05, 3.63) is 82.7 Å². The fourth-order valence-electron chi connectivity index (χ4n) is 3.98. The molecule has 1 amide bonds. The van der Waals surface area contributed by atoms with Gasteiger partial charge >= 0.3 is 0 Å². The van der Waals surface area contributed by atoms with Gasteiger partial charge in [-0.25, -0.2) is 0 Å². The topological polar surface area (TPSA) is 23.6 Å². The van der Waals surface area contributed by atoms with Crippen LogP contribution in [0.5, 0.6) is 0 Å². The molecule has 1 aromatic heterocycles. The number of nitrogens with zero attached hydrogens (tertiary/aromatic N) is 2. The number of hydrogen-bond acceptors (Lipinski definition) is 3. The SMILES string of the molecule is Cc1ccc(C2CN(C(=O)c3ccc(-c4ccccc4)s3)CC2N(C)C)cc1. The van der Waals surface area contributed by atoms with E-state index in [2.05, 4.69) is 68.4 Å². The molecule has 0 saturated carbocycles. The van der Waals surface area contributed by atoms with Gasteiger partial charge < -0.3 is 9.80 Å². The number of amides is 1. The van der Waals surface area contributed by atoms with Gasteiger partial charge in [0, 0.05) is 29.9 Å².